The second-order valence-corrected chi connectivity index (χ2v) is 4.74. The Morgan fingerprint density at radius 1 is 1.08 bits per heavy atom. The fourth-order valence-electron chi connectivity index (χ4n) is 2.76. The molecular formula is C11H22N2. The summed E-state index contributed by atoms with van der Waals surface area (Å²) in [6.07, 6.45) is 8.09. The molecule has 0 radical (unpaired) electrons. The highest BCUT2D eigenvalue weighted by Gasteiger charge is 2.34. The molecule has 2 rings (SSSR count). The Morgan fingerprint density at radius 2 is 1.85 bits per heavy atom. The maximum Gasteiger partial charge on any atom is 0.0250 e. The van der Waals surface area contributed by atoms with Gasteiger partial charge in [0.05, 0.1) is 0 Å². The quantitative estimate of drug-likeness (QED) is 0.626. The van der Waals surface area contributed by atoms with Gasteiger partial charge in [0.1, 0.15) is 0 Å². The van der Waals surface area contributed by atoms with Crippen LogP contribution >= 0.6 is 0 Å². The predicted molar refractivity (Wildman–Crippen MR) is 55.6 cm³/mol. The Bertz CT molecular complexity index is 169. The van der Waals surface area contributed by atoms with Crippen molar-refractivity contribution in [2.75, 3.05) is 6.54 Å². The number of nitrogens with two attached hydrogens (primary N) is 1. The summed E-state index contributed by atoms with van der Waals surface area (Å²) in [5, 5.41) is 0. The third kappa shape index (κ3) is 1.89. The molecule has 2 aliphatic rings. The van der Waals surface area contributed by atoms with Gasteiger partial charge < -0.3 is 5.73 Å². The van der Waals surface area contributed by atoms with Crippen LogP contribution in [0.4, 0.5) is 0 Å². The van der Waals surface area contributed by atoms with Gasteiger partial charge in [0.2, 0.25) is 0 Å². The third-order valence-corrected chi connectivity index (χ3v) is 3.83. The summed E-state index contributed by atoms with van der Waals surface area (Å²) >= 11 is 0. The molecular weight excluding hydrogens is 160 g/mol. The van der Waals surface area contributed by atoms with Gasteiger partial charge in [0.25, 0.3) is 0 Å². The summed E-state index contributed by atoms with van der Waals surface area (Å²) in [7, 11) is 0. The molecule has 0 amide bonds. The highest BCUT2D eigenvalue weighted by atomic mass is 15.2. The first-order chi connectivity index (χ1) is 6.29. The lowest BCUT2D eigenvalue weighted by Gasteiger charge is -2.46. The smallest absolute Gasteiger partial charge is 0.0250 e. The van der Waals surface area contributed by atoms with Crippen LogP contribution in [0.5, 0.6) is 0 Å². The maximum atomic E-state index is 6.21. The molecule has 2 nitrogen and oxygen atoms in total. The van der Waals surface area contributed by atoms with Gasteiger partial charge in [-0.15, -0.1) is 0 Å². The fourth-order valence-corrected chi connectivity index (χ4v) is 2.76. The normalized spacial score (nSPS) is 42.5. The molecule has 1 aliphatic carbocycles. The van der Waals surface area contributed by atoms with Crippen molar-refractivity contribution in [3.63, 3.8) is 0 Å². The number of hydrogen-bond donors (Lipinski definition) is 1. The Kier molecular flexibility index (Phi) is 2.89. The molecule has 2 fully saturated rings. The van der Waals surface area contributed by atoms with E-state index in [-0.39, 0.29) is 0 Å². The van der Waals surface area contributed by atoms with Crippen molar-refractivity contribution in [2.24, 2.45) is 5.73 Å². The molecule has 2 heteroatoms. The van der Waals surface area contributed by atoms with Crippen molar-refractivity contribution in [1.82, 2.24) is 4.90 Å². The first-order valence-electron chi connectivity index (χ1n) is 5.80. The van der Waals surface area contributed by atoms with Crippen LogP contribution in [-0.2, 0) is 0 Å². The molecule has 0 spiro atoms. The van der Waals surface area contributed by atoms with Crippen molar-refractivity contribution in [3.8, 4) is 0 Å². The van der Waals surface area contributed by atoms with Gasteiger partial charge in [-0.1, -0.05) is 19.3 Å². The van der Waals surface area contributed by atoms with Gasteiger partial charge in [-0.05, 0) is 26.2 Å². The topological polar surface area (TPSA) is 29.3 Å². The van der Waals surface area contributed by atoms with E-state index in [1.807, 2.05) is 0 Å². The van der Waals surface area contributed by atoms with E-state index < -0.39 is 0 Å². The molecule has 2 N–H and O–H groups in total. The SMILES string of the molecule is CC1CCN1C1CCCCCC1N. The van der Waals surface area contributed by atoms with Gasteiger partial charge in [-0.2, -0.15) is 0 Å². The van der Waals surface area contributed by atoms with Crippen LogP contribution in [0.15, 0.2) is 0 Å². The van der Waals surface area contributed by atoms with Crippen molar-refractivity contribution in [3.05, 3.63) is 0 Å². The minimum absolute atomic E-state index is 0.449. The van der Waals surface area contributed by atoms with Gasteiger partial charge in [-0.25, -0.2) is 0 Å². The lowest BCUT2D eigenvalue weighted by molar-refractivity contribution is 0.0365. The van der Waals surface area contributed by atoms with Gasteiger partial charge in [0.15, 0.2) is 0 Å². The van der Waals surface area contributed by atoms with Crippen LogP contribution in [0.3, 0.4) is 0 Å². The van der Waals surface area contributed by atoms with Crippen molar-refractivity contribution < 1.29 is 0 Å². The molecule has 76 valence electrons. The summed E-state index contributed by atoms with van der Waals surface area (Å²) < 4.78 is 0. The van der Waals surface area contributed by atoms with Gasteiger partial charge in [0, 0.05) is 24.7 Å². The number of likely N-dealkylation sites (tertiary alicyclic amines) is 1. The minimum Gasteiger partial charge on any atom is -0.326 e. The molecule has 0 bridgehead atoms. The standard InChI is InChI=1S/C11H22N2/c1-9-7-8-13(9)11-6-4-2-3-5-10(11)12/h9-11H,2-8,12H2,1H3. The van der Waals surface area contributed by atoms with Crippen LogP contribution in [0.2, 0.25) is 0 Å². The zero-order valence-corrected chi connectivity index (χ0v) is 8.71. The first kappa shape index (κ1) is 9.47. The van der Waals surface area contributed by atoms with Crippen molar-refractivity contribution in [2.45, 2.75) is 63.6 Å². The summed E-state index contributed by atoms with van der Waals surface area (Å²) in [4.78, 5) is 2.62. The van der Waals surface area contributed by atoms with E-state index in [4.69, 9.17) is 5.73 Å². The minimum atomic E-state index is 0.449. The largest absolute Gasteiger partial charge is 0.326 e. The Hall–Kier alpha value is -0.0800. The molecule has 3 atom stereocenters. The highest BCUT2D eigenvalue weighted by molar-refractivity contribution is 4.91. The van der Waals surface area contributed by atoms with Crippen LogP contribution < -0.4 is 5.73 Å². The molecule has 0 aromatic carbocycles. The van der Waals surface area contributed by atoms with Crippen LogP contribution in [0.25, 0.3) is 0 Å². The molecule has 0 aromatic rings. The third-order valence-electron chi connectivity index (χ3n) is 3.83. The lowest BCUT2D eigenvalue weighted by atomic mass is 9.94. The Morgan fingerprint density at radius 3 is 2.46 bits per heavy atom. The van der Waals surface area contributed by atoms with E-state index in [1.54, 1.807) is 0 Å². The Labute approximate surface area is 81.5 Å². The molecule has 1 saturated heterocycles. The summed E-state index contributed by atoms with van der Waals surface area (Å²) in [5.74, 6) is 0. The monoisotopic (exact) mass is 182 g/mol. The predicted octanol–water partition coefficient (Wildman–Crippen LogP) is 1.74. The van der Waals surface area contributed by atoms with Crippen LogP contribution in [-0.4, -0.2) is 29.6 Å². The van der Waals surface area contributed by atoms with E-state index >= 15 is 0 Å². The van der Waals surface area contributed by atoms with E-state index in [1.165, 1.54) is 45.1 Å². The van der Waals surface area contributed by atoms with Crippen LogP contribution in [0, 0.1) is 0 Å². The second-order valence-electron chi connectivity index (χ2n) is 4.74. The number of nitrogens with zero attached hydrogens (tertiary/aromatic N) is 1. The average Bonchev–Trinajstić information content (AvgIpc) is 2.30. The molecule has 13 heavy (non-hydrogen) atoms. The highest BCUT2D eigenvalue weighted by Crippen LogP contribution is 2.28. The maximum absolute atomic E-state index is 6.21. The van der Waals surface area contributed by atoms with E-state index in [0.29, 0.717) is 12.1 Å². The summed E-state index contributed by atoms with van der Waals surface area (Å²) in [6.45, 7) is 3.63. The summed E-state index contributed by atoms with van der Waals surface area (Å²) in [6, 6.07) is 1.95. The van der Waals surface area contributed by atoms with Crippen molar-refractivity contribution >= 4 is 0 Å². The zero-order chi connectivity index (χ0) is 9.26. The van der Waals surface area contributed by atoms with E-state index in [9.17, 15) is 0 Å². The van der Waals surface area contributed by atoms with Crippen molar-refractivity contribution in [1.29, 1.82) is 0 Å². The number of hydrogen-bond acceptors (Lipinski definition) is 2. The molecule has 0 aromatic heterocycles. The summed E-state index contributed by atoms with van der Waals surface area (Å²) in [5.41, 5.74) is 6.21. The molecule has 1 aliphatic heterocycles. The van der Waals surface area contributed by atoms with Gasteiger partial charge in [-0.3, -0.25) is 4.90 Å². The average molecular weight is 182 g/mol. The molecule has 3 unspecified atom stereocenters. The van der Waals surface area contributed by atoms with E-state index in [2.05, 4.69) is 11.8 Å². The number of rotatable bonds is 1. The van der Waals surface area contributed by atoms with Gasteiger partial charge >= 0.3 is 0 Å². The van der Waals surface area contributed by atoms with Crippen LogP contribution in [0.1, 0.15) is 45.4 Å². The first-order valence-corrected chi connectivity index (χ1v) is 5.80. The lowest BCUT2D eigenvalue weighted by Crippen LogP contribution is -2.57. The molecule has 1 heterocycles. The second kappa shape index (κ2) is 3.97. The molecule has 1 saturated carbocycles. The fraction of sp³-hybridized carbons (Fsp3) is 1.00. The zero-order valence-electron chi connectivity index (χ0n) is 8.71. The van der Waals surface area contributed by atoms with E-state index in [0.717, 1.165) is 6.04 Å². The Balaban J connectivity index is 1.94.